The summed E-state index contributed by atoms with van der Waals surface area (Å²) in [6.07, 6.45) is -0.750. The Kier molecular flexibility index (Phi) is 20.7. The van der Waals surface area contributed by atoms with Crippen LogP contribution >= 0.6 is 11.8 Å². The molecule has 310 valence electrons. The maximum Gasteiger partial charge on any atom is 0.326 e. The molecule has 1 fully saturated rings. The van der Waals surface area contributed by atoms with Gasteiger partial charge in [0.1, 0.15) is 36.3 Å². The van der Waals surface area contributed by atoms with Crippen LogP contribution in [0.2, 0.25) is 0 Å². The summed E-state index contributed by atoms with van der Waals surface area (Å²) in [6, 6.07) is -9.63. The number of carboxylic acids is 4. The zero-order chi connectivity index (χ0) is 42.0. The summed E-state index contributed by atoms with van der Waals surface area (Å²) in [5.74, 6) is -11.0. The van der Waals surface area contributed by atoms with Crippen molar-refractivity contribution in [3.8, 4) is 0 Å². The number of hydrogen-bond donors (Lipinski definition) is 10. The lowest BCUT2D eigenvalue weighted by Gasteiger charge is -2.29. The lowest BCUT2D eigenvalue weighted by Crippen LogP contribution is -2.60. The Labute approximate surface area is 321 Å². The normalized spacial score (nSPS) is 17.1. The number of nitrogens with one attached hydrogen (secondary N) is 5. The summed E-state index contributed by atoms with van der Waals surface area (Å²) in [5.41, 5.74) is 5.71. The van der Waals surface area contributed by atoms with E-state index in [4.69, 9.17) is 10.8 Å². The molecule has 0 unspecified atom stereocenters. The van der Waals surface area contributed by atoms with Gasteiger partial charge in [-0.3, -0.25) is 43.2 Å². The molecule has 21 nitrogen and oxygen atoms in total. The number of thioether (sulfide) groups is 1. The van der Waals surface area contributed by atoms with Gasteiger partial charge in [0.15, 0.2) is 0 Å². The van der Waals surface area contributed by atoms with Crippen LogP contribution in [0.25, 0.3) is 0 Å². The van der Waals surface area contributed by atoms with Crippen molar-refractivity contribution in [2.45, 2.75) is 121 Å². The van der Waals surface area contributed by atoms with Crippen LogP contribution in [0.5, 0.6) is 0 Å². The van der Waals surface area contributed by atoms with Gasteiger partial charge < -0.3 is 57.6 Å². The third kappa shape index (κ3) is 17.4. The first-order valence-corrected chi connectivity index (χ1v) is 19.0. The molecular formula is C33H53N7O14S. The van der Waals surface area contributed by atoms with E-state index in [2.05, 4.69) is 26.6 Å². The van der Waals surface area contributed by atoms with Gasteiger partial charge in [-0.1, -0.05) is 13.8 Å². The first-order valence-electron chi connectivity index (χ1n) is 17.6. The number of nitrogens with two attached hydrogens (primary N) is 1. The van der Waals surface area contributed by atoms with Crippen LogP contribution in [0, 0.1) is 5.92 Å². The topological polar surface area (TPSA) is 341 Å². The quantitative estimate of drug-likeness (QED) is 0.0470. The van der Waals surface area contributed by atoms with Gasteiger partial charge in [-0.15, -0.1) is 0 Å². The molecule has 1 heterocycles. The highest BCUT2D eigenvalue weighted by Crippen LogP contribution is 2.19. The SMILES string of the molecule is CSCC[C@H](NC(=O)[C@H](CC(C)C)NC(=O)[C@H](CCC(=O)O)NC(=O)[C@H](CCC(=O)O)NC(=O)[C@@H]1CCCN1C(=O)[C@H](C)N)C(=O)N[C@@H](CC(=O)O)C(=O)O. The van der Waals surface area contributed by atoms with Gasteiger partial charge in [-0.05, 0) is 63.4 Å². The van der Waals surface area contributed by atoms with Crippen molar-refractivity contribution in [3.63, 3.8) is 0 Å². The zero-order valence-electron chi connectivity index (χ0n) is 31.2. The van der Waals surface area contributed by atoms with E-state index >= 15 is 0 Å². The molecule has 0 bridgehead atoms. The molecule has 6 amide bonds. The van der Waals surface area contributed by atoms with Gasteiger partial charge in [0.05, 0.1) is 12.5 Å². The third-order valence-corrected chi connectivity index (χ3v) is 9.01. The van der Waals surface area contributed by atoms with Crippen LogP contribution in [0.1, 0.15) is 78.6 Å². The van der Waals surface area contributed by atoms with E-state index in [1.165, 1.54) is 23.6 Å². The Morgan fingerprint density at radius 3 is 1.56 bits per heavy atom. The van der Waals surface area contributed by atoms with Crippen molar-refractivity contribution in [3.05, 3.63) is 0 Å². The molecule has 0 spiro atoms. The highest BCUT2D eigenvalue weighted by Gasteiger charge is 2.38. The molecule has 0 aliphatic carbocycles. The number of aliphatic carboxylic acids is 4. The largest absolute Gasteiger partial charge is 0.481 e. The smallest absolute Gasteiger partial charge is 0.326 e. The minimum absolute atomic E-state index is 0.0146. The summed E-state index contributed by atoms with van der Waals surface area (Å²) in [7, 11) is 0. The second-order valence-electron chi connectivity index (χ2n) is 13.5. The maximum absolute atomic E-state index is 13.7. The lowest BCUT2D eigenvalue weighted by atomic mass is 10.0. The van der Waals surface area contributed by atoms with E-state index in [1.807, 2.05) is 0 Å². The fourth-order valence-electron chi connectivity index (χ4n) is 5.58. The van der Waals surface area contributed by atoms with Crippen molar-refractivity contribution < 1.29 is 68.4 Å². The molecule has 1 saturated heterocycles. The Hall–Kier alpha value is -4.99. The first-order chi connectivity index (χ1) is 25.7. The number of hydrogen-bond acceptors (Lipinski definition) is 12. The number of rotatable bonds is 25. The molecule has 11 N–H and O–H groups in total. The van der Waals surface area contributed by atoms with E-state index < -0.39 is 134 Å². The molecule has 0 aromatic rings. The lowest BCUT2D eigenvalue weighted by molar-refractivity contribution is -0.147. The molecule has 1 aliphatic rings. The van der Waals surface area contributed by atoms with Crippen molar-refractivity contribution >= 4 is 71.1 Å². The molecule has 55 heavy (non-hydrogen) atoms. The van der Waals surface area contributed by atoms with E-state index in [0.717, 1.165) is 0 Å². The third-order valence-electron chi connectivity index (χ3n) is 8.36. The molecule has 0 radical (unpaired) electrons. The summed E-state index contributed by atoms with van der Waals surface area (Å²) < 4.78 is 0. The Morgan fingerprint density at radius 1 is 0.673 bits per heavy atom. The maximum atomic E-state index is 13.7. The molecule has 0 aromatic carbocycles. The number of carbonyl (C=O) groups excluding carboxylic acids is 6. The molecule has 0 aromatic heterocycles. The van der Waals surface area contributed by atoms with E-state index in [9.17, 15) is 63.3 Å². The number of carbonyl (C=O) groups is 10. The second-order valence-corrected chi connectivity index (χ2v) is 14.5. The fourth-order valence-corrected chi connectivity index (χ4v) is 6.05. The second kappa shape index (κ2) is 23.7. The fraction of sp³-hybridized carbons (Fsp3) is 0.697. The highest BCUT2D eigenvalue weighted by molar-refractivity contribution is 7.98. The van der Waals surface area contributed by atoms with Crippen molar-refractivity contribution in [2.75, 3.05) is 18.6 Å². The number of amides is 6. The molecule has 1 aliphatic heterocycles. The van der Waals surface area contributed by atoms with Gasteiger partial charge in [0.25, 0.3) is 0 Å². The van der Waals surface area contributed by atoms with E-state index in [-0.39, 0.29) is 31.7 Å². The van der Waals surface area contributed by atoms with Gasteiger partial charge >= 0.3 is 23.9 Å². The number of carboxylic acid groups (broad SMARTS) is 4. The van der Waals surface area contributed by atoms with Crippen LogP contribution in [0.15, 0.2) is 0 Å². The van der Waals surface area contributed by atoms with Gasteiger partial charge in [0.2, 0.25) is 35.4 Å². The average Bonchev–Trinajstić information content (AvgIpc) is 3.58. The first kappa shape index (κ1) is 48.0. The summed E-state index contributed by atoms with van der Waals surface area (Å²) >= 11 is 1.30. The van der Waals surface area contributed by atoms with E-state index in [1.54, 1.807) is 20.1 Å². The molecular weight excluding hydrogens is 750 g/mol. The van der Waals surface area contributed by atoms with Crippen molar-refractivity contribution in [1.82, 2.24) is 31.5 Å². The summed E-state index contributed by atoms with van der Waals surface area (Å²) in [5, 5.41) is 48.9. The Balaban J connectivity index is 3.32. The highest BCUT2D eigenvalue weighted by atomic mass is 32.2. The zero-order valence-corrected chi connectivity index (χ0v) is 32.0. The monoisotopic (exact) mass is 803 g/mol. The summed E-state index contributed by atoms with van der Waals surface area (Å²) in [6.45, 7) is 5.09. The van der Waals surface area contributed by atoms with Crippen LogP contribution in [-0.2, 0) is 47.9 Å². The minimum atomic E-state index is -1.80. The van der Waals surface area contributed by atoms with Crippen molar-refractivity contribution in [2.24, 2.45) is 11.7 Å². The molecule has 1 rings (SSSR count). The Bertz CT molecular complexity index is 1430. The minimum Gasteiger partial charge on any atom is -0.481 e. The predicted molar refractivity (Wildman–Crippen MR) is 194 cm³/mol. The molecule has 0 saturated carbocycles. The standard InChI is InChI=1S/C33H53N7O14S/c1-16(2)14-21(30(50)36-20(11-13-55-4)29(49)39-22(33(53)54)15-26(45)46)38-28(48)18(7-9-24(41)42)35-27(47)19(8-10-25(43)44)37-31(51)23-6-5-12-40(23)32(52)17(3)34/h16-23H,5-15,34H2,1-4H3,(H,35,47)(H,36,50)(H,37,51)(H,38,48)(H,39,49)(H,41,42)(H,43,44)(H,45,46)(H,53,54)/t17-,18-,19-,20-,21-,22-,23-/m0/s1. The molecule has 7 atom stereocenters. The van der Waals surface area contributed by atoms with Gasteiger partial charge in [0, 0.05) is 19.4 Å². The number of nitrogens with zero attached hydrogens (tertiary/aromatic N) is 1. The van der Waals surface area contributed by atoms with E-state index in [0.29, 0.717) is 12.2 Å². The summed E-state index contributed by atoms with van der Waals surface area (Å²) in [4.78, 5) is 127. The van der Waals surface area contributed by atoms with Crippen LogP contribution < -0.4 is 32.3 Å². The van der Waals surface area contributed by atoms with Gasteiger partial charge in [-0.2, -0.15) is 11.8 Å². The van der Waals surface area contributed by atoms with Crippen LogP contribution in [0.3, 0.4) is 0 Å². The van der Waals surface area contributed by atoms with Crippen LogP contribution in [-0.4, -0.2) is 145 Å². The van der Waals surface area contributed by atoms with Crippen molar-refractivity contribution in [1.29, 1.82) is 0 Å². The number of likely N-dealkylation sites (tertiary alicyclic amines) is 1. The van der Waals surface area contributed by atoms with Crippen LogP contribution in [0.4, 0.5) is 0 Å². The van der Waals surface area contributed by atoms with Gasteiger partial charge in [-0.25, -0.2) is 4.79 Å². The Morgan fingerprint density at radius 2 is 1.13 bits per heavy atom. The average molecular weight is 804 g/mol. The molecule has 22 heteroatoms. The predicted octanol–water partition coefficient (Wildman–Crippen LogP) is -2.16.